The van der Waals surface area contributed by atoms with Gasteiger partial charge in [-0.15, -0.1) is 0 Å². The first-order valence-corrected chi connectivity index (χ1v) is 5.79. The first-order chi connectivity index (χ1) is 8.49. The molecular weight excluding hydrogens is 246 g/mol. The van der Waals surface area contributed by atoms with Crippen molar-refractivity contribution in [3.63, 3.8) is 0 Å². The lowest BCUT2D eigenvalue weighted by molar-refractivity contribution is -0.286. The van der Waals surface area contributed by atoms with Crippen molar-refractivity contribution < 1.29 is 34.8 Å². The van der Waals surface area contributed by atoms with E-state index in [4.69, 9.17) is 14.7 Å². The van der Waals surface area contributed by atoms with Crippen molar-refractivity contribution in [2.45, 2.75) is 43.5 Å². The Morgan fingerprint density at radius 1 is 1.28 bits per heavy atom. The highest BCUT2D eigenvalue weighted by atomic mass is 16.7. The minimum Gasteiger partial charge on any atom is -0.388 e. The van der Waals surface area contributed by atoms with Crippen molar-refractivity contribution in [3.05, 3.63) is 0 Å². The third-order valence-corrected chi connectivity index (χ3v) is 3.13. The van der Waals surface area contributed by atoms with Gasteiger partial charge in [0, 0.05) is 0 Å². The van der Waals surface area contributed by atoms with Crippen LogP contribution in [0.15, 0.2) is 0 Å². The lowest BCUT2D eigenvalue weighted by Crippen LogP contribution is -2.55. The van der Waals surface area contributed by atoms with Gasteiger partial charge >= 0.3 is 0 Å². The molecule has 0 aromatic rings. The predicted octanol–water partition coefficient (Wildman–Crippen LogP) is -2.18. The number of piperidine rings is 1. The Bertz CT molecular complexity index is 313. The van der Waals surface area contributed by atoms with Gasteiger partial charge in [0.15, 0.2) is 6.29 Å². The number of rotatable bonds is 2. The van der Waals surface area contributed by atoms with Gasteiger partial charge in [0.1, 0.15) is 18.3 Å². The molecule has 8 nitrogen and oxygen atoms in total. The summed E-state index contributed by atoms with van der Waals surface area (Å²) in [6.07, 6.45) is -5.02. The summed E-state index contributed by atoms with van der Waals surface area (Å²) >= 11 is 0. The summed E-state index contributed by atoms with van der Waals surface area (Å²) in [6.45, 7) is 0.00712. The van der Waals surface area contributed by atoms with E-state index in [1.165, 1.54) is 0 Å². The smallest absolute Gasteiger partial charge is 0.248 e. The number of nitrogens with zero attached hydrogens (tertiary/aromatic N) is 1. The summed E-state index contributed by atoms with van der Waals surface area (Å²) in [7, 11) is 0. The molecule has 2 heterocycles. The number of aliphatic hydroxyl groups excluding tert-OH is 3. The van der Waals surface area contributed by atoms with Gasteiger partial charge in [-0.1, -0.05) is 0 Å². The zero-order chi connectivity index (χ0) is 13.3. The lowest BCUT2D eigenvalue weighted by Gasteiger charge is -2.37. The number of aliphatic hydroxyl groups is 3. The van der Waals surface area contributed by atoms with Crippen LogP contribution >= 0.6 is 0 Å². The van der Waals surface area contributed by atoms with Crippen LogP contribution in [0.4, 0.5) is 0 Å². The highest BCUT2D eigenvalue weighted by Crippen LogP contribution is 2.22. The fourth-order valence-electron chi connectivity index (χ4n) is 2.00. The van der Waals surface area contributed by atoms with Crippen LogP contribution in [0.2, 0.25) is 0 Å². The molecule has 0 saturated carbocycles. The van der Waals surface area contributed by atoms with Crippen LogP contribution < -0.4 is 0 Å². The lowest BCUT2D eigenvalue weighted by atomic mass is 10.0. The normalized spacial score (nSPS) is 42.1. The van der Waals surface area contributed by atoms with Crippen LogP contribution in [0.3, 0.4) is 0 Å². The maximum Gasteiger partial charge on any atom is 0.248 e. The molecule has 2 rings (SSSR count). The van der Waals surface area contributed by atoms with E-state index in [0.717, 1.165) is 0 Å². The average Bonchev–Trinajstić information content (AvgIpc) is 2.34. The van der Waals surface area contributed by atoms with E-state index >= 15 is 0 Å². The summed E-state index contributed by atoms with van der Waals surface area (Å²) in [5.74, 6) is -0.461. The minimum absolute atomic E-state index is 0.0122. The number of amides is 1. The number of carbonyl (C=O) groups is 1. The van der Waals surface area contributed by atoms with Gasteiger partial charge in [-0.05, 0) is 6.42 Å². The van der Waals surface area contributed by atoms with Crippen molar-refractivity contribution in [2.75, 3.05) is 13.2 Å². The van der Waals surface area contributed by atoms with Crippen LogP contribution in [0.25, 0.3) is 0 Å². The Morgan fingerprint density at radius 2 is 2.00 bits per heavy atom. The summed E-state index contributed by atoms with van der Waals surface area (Å²) in [6, 6.07) is 0. The van der Waals surface area contributed by atoms with E-state index in [2.05, 4.69) is 0 Å². The van der Waals surface area contributed by atoms with E-state index in [9.17, 15) is 20.1 Å². The van der Waals surface area contributed by atoms with Gasteiger partial charge in [0.2, 0.25) is 5.91 Å². The number of hydrogen-bond acceptors (Lipinski definition) is 7. The molecule has 4 N–H and O–H groups in total. The second kappa shape index (κ2) is 5.47. The van der Waals surface area contributed by atoms with Crippen LogP contribution in [-0.4, -0.2) is 75.4 Å². The van der Waals surface area contributed by atoms with Crippen LogP contribution in [0.1, 0.15) is 12.8 Å². The topological polar surface area (TPSA) is 120 Å². The molecule has 1 amide bonds. The Morgan fingerprint density at radius 3 is 2.67 bits per heavy atom. The average molecular weight is 263 g/mol. The molecule has 18 heavy (non-hydrogen) atoms. The molecule has 0 radical (unpaired) electrons. The molecule has 0 aromatic heterocycles. The molecule has 8 heteroatoms. The van der Waals surface area contributed by atoms with E-state index in [1.807, 2.05) is 0 Å². The predicted molar refractivity (Wildman–Crippen MR) is 55.4 cm³/mol. The van der Waals surface area contributed by atoms with Crippen molar-refractivity contribution in [2.24, 2.45) is 0 Å². The number of hydrogen-bond donors (Lipinski definition) is 4. The summed E-state index contributed by atoms with van der Waals surface area (Å²) < 4.78 is 10.4. The molecule has 104 valence electrons. The first kappa shape index (κ1) is 13.7. The zero-order valence-corrected chi connectivity index (χ0v) is 9.68. The zero-order valence-electron chi connectivity index (χ0n) is 9.68. The number of ether oxygens (including phenoxy) is 2. The van der Waals surface area contributed by atoms with Gasteiger partial charge in [0.05, 0.1) is 25.7 Å². The van der Waals surface area contributed by atoms with E-state index in [0.29, 0.717) is 11.5 Å². The number of hydroxylamine groups is 2. The van der Waals surface area contributed by atoms with Gasteiger partial charge in [-0.2, -0.15) is 0 Å². The molecule has 5 atom stereocenters. The quantitative estimate of drug-likeness (QED) is 0.418. The Labute approximate surface area is 103 Å². The van der Waals surface area contributed by atoms with Crippen molar-refractivity contribution in [3.8, 4) is 0 Å². The Balaban J connectivity index is 1.88. The molecule has 5 unspecified atom stereocenters. The maximum absolute atomic E-state index is 11.2. The van der Waals surface area contributed by atoms with E-state index < -0.39 is 36.6 Å². The highest BCUT2D eigenvalue weighted by molar-refractivity contribution is 5.76. The summed E-state index contributed by atoms with van der Waals surface area (Å²) in [5, 5.41) is 38.1. The first-order valence-electron chi connectivity index (χ1n) is 5.79. The van der Waals surface area contributed by atoms with Gasteiger partial charge in [-0.3, -0.25) is 10.0 Å². The molecule has 2 saturated heterocycles. The summed E-state index contributed by atoms with van der Waals surface area (Å²) in [4.78, 5) is 11.2. The molecule has 0 aromatic carbocycles. The fraction of sp³-hybridized carbons (Fsp3) is 0.900. The standard InChI is InChI=1S/C10H17NO7/c12-6-4-17-10(9(15)8(6)14)18-5-1-2-11(16)7(13)3-5/h5-6,8-10,12,14-16H,1-4H2. The molecule has 0 aliphatic carbocycles. The second-order valence-corrected chi connectivity index (χ2v) is 4.52. The maximum atomic E-state index is 11.2. The van der Waals surface area contributed by atoms with Crippen molar-refractivity contribution in [1.29, 1.82) is 0 Å². The van der Waals surface area contributed by atoms with Gasteiger partial charge in [0.25, 0.3) is 0 Å². The third-order valence-electron chi connectivity index (χ3n) is 3.13. The Kier molecular flexibility index (Phi) is 4.15. The van der Waals surface area contributed by atoms with E-state index in [1.54, 1.807) is 0 Å². The summed E-state index contributed by atoms with van der Waals surface area (Å²) in [5.41, 5.74) is 0. The fourth-order valence-corrected chi connectivity index (χ4v) is 2.00. The van der Waals surface area contributed by atoms with Crippen LogP contribution in [0, 0.1) is 0 Å². The molecule has 2 aliphatic heterocycles. The molecule has 2 fully saturated rings. The Hall–Kier alpha value is -0.770. The monoisotopic (exact) mass is 263 g/mol. The third kappa shape index (κ3) is 2.79. The van der Waals surface area contributed by atoms with Crippen LogP contribution in [-0.2, 0) is 14.3 Å². The minimum atomic E-state index is -1.36. The molecular formula is C10H17NO7. The second-order valence-electron chi connectivity index (χ2n) is 4.52. The van der Waals surface area contributed by atoms with E-state index in [-0.39, 0.29) is 19.6 Å². The highest BCUT2D eigenvalue weighted by Gasteiger charge is 2.40. The van der Waals surface area contributed by atoms with Crippen molar-refractivity contribution >= 4 is 5.91 Å². The molecule has 0 spiro atoms. The van der Waals surface area contributed by atoms with Gasteiger partial charge in [-0.25, -0.2) is 5.06 Å². The van der Waals surface area contributed by atoms with Gasteiger partial charge < -0.3 is 24.8 Å². The molecule has 2 aliphatic rings. The molecule has 0 bridgehead atoms. The number of carbonyl (C=O) groups excluding carboxylic acids is 1. The van der Waals surface area contributed by atoms with Crippen LogP contribution in [0.5, 0.6) is 0 Å². The largest absolute Gasteiger partial charge is 0.388 e. The van der Waals surface area contributed by atoms with Crippen molar-refractivity contribution in [1.82, 2.24) is 5.06 Å². The SMILES string of the molecule is O=C1CC(OC2OCC(O)C(O)C2O)CCN1O.